The molecule has 0 unspecified atom stereocenters. The van der Waals surface area contributed by atoms with Crippen molar-refractivity contribution >= 4 is 11.7 Å². The van der Waals surface area contributed by atoms with Gasteiger partial charge in [0.05, 0.1) is 36.5 Å². The molecule has 3 heterocycles. The van der Waals surface area contributed by atoms with E-state index < -0.39 is 6.09 Å². The summed E-state index contributed by atoms with van der Waals surface area (Å²) >= 11 is 0. The number of aromatic nitrogens is 3. The second-order valence-corrected chi connectivity index (χ2v) is 7.18. The lowest BCUT2D eigenvalue weighted by Gasteiger charge is -2.25. The average molecular weight is 411 g/mol. The Labute approximate surface area is 177 Å². The van der Waals surface area contributed by atoms with Gasteiger partial charge in [0.1, 0.15) is 5.75 Å². The maximum atomic E-state index is 12.0. The number of nitriles is 1. The van der Waals surface area contributed by atoms with Gasteiger partial charge in [0, 0.05) is 30.6 Å². The SMILES string of the molecule is COc1nc(-c2ccc(C#N)cc2)c(-c2ccc3c(c2)OC(=O)N(C)C3)c2nccn12. The summed E-state index contributed by atoms with van der Waals surface area (Å²) < 4.78 is 12.7. The van der Waals surface area contributed by atoms with E-state index in [1.807, 2.05) is 30.3 Å². The molecule has 8 heteroatoms. The molecule has 1 aliphatic rings. The van der Waals surface area contributed by atoms with Crippen LogP contribution in [-0.4, -0.2) is 39.5 Å². The number of hydrogen-bond acceptors (Lipinski definition) is 6. The van der Waals surface area contributed by atoms with Crippen LogP contribution in [0.2, 0.25) is 0 Å². The Kier molecular flexibility index (Phi) is 4.30. The highest BCUT2D eigenvalue weighted by Crippen LogP contribution is 2.39. The van der Waals surface area contributed by atoms with Gasteiger partial charge in [-0.3, -0.25) is 4.40 Å². The molecule has 0 bridgehead atoms. The zero-order chi connectivity index (χ0) is 21.5. The van der Waals surface area contributed by atoms with E-state index in [4.69, 9.17) is 19.7 Å². The Morgan fingerprint density at radius 1 is 1.16 bits per heavy atom. The number of benzene rings is 2. The monoisotopic (exact) mass is 411 g/mol. The molecule has 0 fully saturated rings. The molecule has 2 aromatic heterocycles. The van der Waals surface area contributed by atoms with E-state index >= 15 is 0 Å². The Morgan fingerprint density at radius 3 is 2.68 bits per heavy atom. The van der Waals surface area contributed by atoms with E-state index in [0.29, 0.717) is 35.2 Å². The summed E-state index contributed by atoms with van der Waals surface area (Å²) in [6.45, 7) is 0.483. The maximum absolute atomic E-state index is 12.0. The first-order valence-corrected chi connectivity index (χ1v) is 9.57. The van der Waals surface area contributed by atoms with Crippen molar-refractivity contribution < 1.29 is 14.3 Å². The molecular weight excluding hydrogens is 394 g/mol. The van der Waals surface area contributed by atoms with Gasteiger partial charge in [-0.05, 0) is 23.8 Å². The highest BCUT2D eigenvalue weighted by molar-refractivity contribution is 5.91. The summed E-state index contributed by atoms with van der Waals surface area (Å²) in [7, 11) is 3.25. The quantitative estimate of drug-likeness (QED) is 0.508. The first-order chi connectivity index (χ1) is 15.1. The number of amides is 1. The van der Waals surface area contributed by atoms with Gasteiger partial charge in [-0.25, -0.2) is 9.78 Å². The number of carbonyl (C=O) groups excluding carboxylic acids is 1. The summed E-state index contributed by atoms with van der Waals surface area (Å²) in [4.78, 5) is 22.8. The third kappa shape index (κ3) is 3.04. The van der Waals surface area contributed by atoms with Crippen molar-refractivity contribution in [3.63, 3.8) is 0 Å². The van der Waals surface area contributed by atoms with Crippen LogP contribution in [0.1, 0.15) is 11.1 Å². The number of hydrogen-bond donors (Lipinski definition) is 0. The largest absolute Gasteiger partial charge is 0.468 e. The molecule has 0 aliphatic carbocycles. The molecule has 0 saturated carbocycles. The Hall–Kier alpha value is -4.38. The molecule has 1 aliphatic heterocycles. The van der Waals surface area contributed by atoms with Crippen molar-refractivity contribution in [2.24, 2.45) is 0 Å². The molecule has 0 atom stereocenters. The van der Waals surface area contributed by atoms with Gasteiger partial charge in [-0.15, -0.1) is 0 Å². The molecule has 0 saturated heterocycles. The molecule has 5 rings (SSSR count). The van der Waals surface area contributed by atoms with Crippen LogP contribution in [0.25, 0.3) is 28.0 Å². The third-order valence-corrected chi connectivity index (χ3v) is 5.26. The van der Waals surface area contributed by atoms with E-state index in [2.05, 4.69) is 11.1 Å². The lowest BCUT2D eigenvalue weighted by atomic mass is 9.97. The summed E-state index contributed by atoms with van der Waals surface area (Å²) in [6.07, 6.45) is 3.07. The van der Waals surface area contributed by atoms with Gasteiger partial charge < -0.3 is 14.4 Å². The van der Waals surface area contributed by atoms with Crippen LogP contribution >= 0.6 is 0 Å². The fourth-order valence-electron chi connectivity index (χ4n) is 3.70. The van der Waals surface area contributed by atoms with Gasteiger partial charge in [0.2, 0.25) is 0 Å². The van der Waals surface area contributed by atoms with Crippen LogP contribution in [-0.2, 0) is 6.54 Å². The van der Waals surface area contributed by atoms with Crippen LogP contribution in [0.4, 0.5) is 4.79 Å². The van der Waals surface area contributed by atoms with Gasteiger partial charge >= 0.3 is 12.1 Å². The lowest BCUT2D eigenvalue weighted by Crippen LogP contribution is -2.33. The first kappa shape index (κ1) is 18.6. The van der Waals surface area contributed by atoms with E-state index in [1.54, 1.807) is 43.1 Å². The second-order valence-electron chi connectivity index (χ2n) is 7.18. The number of nitrogens with zero attached hydrogens (tertiary/aromatic N) is 5. The Morgan fingerprint density at radius 2 is 1.94 bits per heavy atom. The molecule has 0 spiro atoms. The molecule has 0 N–H and O–H groups in total. The predicted molar refractivity (Wildman–Crippen MR) is 113 cm³/mol. The standard InChI is InChI=1S/C23H17N5O3/c1-27-13-17-8-7-16(11-18(17)31-23(27)29)19-20(15-5-3-14(12-24)4-6-15)26-22(30-2)28-10-9-25-21(19)28/h3-11H,13H2,1-2H3. The fourth-order valence-corrected chi connectivity index (χ4v) is 3.70. The predicted octanol–water partition coefficient (Wildman–Crippen LogP) is 3.89. The number of carbonyl (C=O) groups is 1. The lowest BCUT2D eigenvalue weighted by molar-refractivity contribution is 0.150. The van der Waals surface area contributed by atoms with E-state index in [9.17, 15) is 4.79 Å². The number of fused-ring (bicyclic) bond motifs is 2. The number of rotatable bonds is 3. The highest BCUT2D eigenvalue weighted by Gasteiger charge is 2.24. The molecule has 2 aromatic carbocycles. The van der Waals surface area contributed by atoms with Gasteiger partial charge in [0.25, 0.3) is 0 Å². The number of imidazole rings is 1. The van der Waals surface area contributed by atoms with E-state index in [1.165, 1.54) is 4.90 Å². The highest BCUT2D eigenvalue weighted by atomic mass is 16.6. The summed E-state index contributed by atoms with van der Waals surface area (Å²) in [6, 6.07) is 15.4. The minimum atomic E-state index is -0.393. The van der Waals surface area contributed by atoms with Crippen LogP contribution in [0.5, 0.6) is 11.8 Å². The van der Waals surface area contributed by atoms with Gasteiger partial charge in [-0.2, -0.15) is 10.2 Å². The summed E-state index contributed by atoms with van der Waals surface area (Å²) in [5.41, 5.74) is 5.18. The zero-order valence-corrected chi connectivity index (χ0v) is 16.9. The van der Waals surface area contributed by atoms with Crippen molar-refractivity contribution in [1.29, 1.82) is 5.26 Å². The Bertz CT molecular complexity index is 1370. The van der Waals surface area contributed by atoms with Crippen LogP contribution < -0.4 is 9.47 Å². The topological polar surface area (TPSA) is 92.8 Å². The van der Waals surface area contributed by atoms with E-state index in [-0.39, 0.29) is 0 Å². The average Bonchev–Trinajstić information content (AvgIpc) is 3.28. The van der Waals surface area contributed by atoms with Crippen LogP contribution in [0, 0.1) is 11.3 Å². The smallest absolute Gasteiger partial charge is 0.415 e. The fraction of sp³-hybridized carbons (Fsp3) is 0.130. The molecule has 152 valence electrons. The normalized spacial score (nSPS) is 12.9. The number of methoxy groups -OCH3 is 1. The first-order valence-electron chi connectivity index (χ1n) is 9.57. The minimum Gasteiger partial charge on any atom is -0.468 e. The Balaban J connectivity index is 1.76. The van der Waals surface area contributed by atoms with E-state index in [0.717, 1.165) is 22.3 Å². The van der Waals surface area contributed by atoms with Crippen molar-refractivity contribution in [2.75, 3.05) is 14.2 Å². The molecule has 8 nitrogen and oxygen atoms in total. The third-order valence-electron chi connectivity index (χ3n) is 5.26. The number of ether oxygens (including phenoxy) is 2. The second kappa shape index (κ2) is 7.15. The maximum Gasteiger partial charge on any atom is 0.415 e. The summed E-state index contributed by atoms with van der Waals surface area (Å²) in [5.74, 6) is 0.520. The van der Waals surface area contributed by atoms with Gasteiger partial charge in [0.15, 0.2) is 5.65 Å². The molecular formula is C23H17N5O3. The minimum absolute atomic E-state index is 0.390. The van der Waals surface area contributed by atoms with Crippen molar-refractivity contribution in [3.8, 4) is 40.2 Å². The summed E-state index contributed by atoms with van der Waals surface area (Å²) in [5, 5.41) is 9.14. The van der Waals surface area contributed by atoms with Crippen molar-refractivity contribution in [1.82, 2.24) is 19.3 Å². The van der Waals surface area contributed by atoms with Crippen LogP contribution in [0.15, 0.2) is 54.9 Å². The molecule has 4 aromatic rings. The van der Waals surface area contributed by atoms with Crippen molar-refractivity contribution in [3.05, 3.63) is 66.0 Å². The molecule has 31 heavy (non-hydrogen) atoms. The van der Waals surface area contributed by atoms with Crippen LogP contribution in [0.3, 0.4) is 0 Å². The molecule has 0 radical (unpaired) electrons. The van der Waals surface area contributed by atoms with Gasteiger partial charge in [-0.1, -0.05) is 24.3 Å². The van der Waals surface area contributed by atoms with Crippen molar-refractivity contribution in [2.45, 2.75) is 6.54 Å². The molecule has 1 amide bonds. The zero-order valence-electron chi connectivity index (χ0n) is 16.9.